The average molecular weight is 461 g/mol. The molecule has 0 atom stereocenters. The highest BCUT2D eigenvalue weighted by molar-refractivity contribution is 6.00. The number of carbonyl (C=O) groups excluding carboxylic acids is 2. The van der Waals surface area contributed by atoms with Crippen LogP contribution in [0.1, 0.15) is 27.2 Å². The number of fused-ring (bicyclic) bond motifs is 1. The Morgan fingerprint density at radius 2 is 1.79 bits per heavy atom. The van der Waals surface area contributed by atoms with Crippen LogP contribution in [0.4, 0.5) is 28.0 Å². The Labute approximate surface area is 185 Å². The smallest absolute Gasteiger partial charge is 0.365 e. The molecule has 0 radical (unpaired) electrons. The Morgan fingerprint density at radius 1 is 1.09 bits per heavy atom. The molecular weight excluding hydrogens is 442 g/mol. The normalized spacial score (nSPS) is 13.5. The van der Waals surface area contributed by atoms with Gasteiger partial charge in [-0.05, 0) is 55.0 Å². The van der Waals surface area contributed by atoms with E-state index in [0.717, 1.165) is 24.3 Å². The zero-order valence-electron chi connectivity index (χ0n) is 17.4. The zero-order valence-corrected chi connectivity index (χ0v) is 17.4. The van der Waals surface area contributed by atoms with Crippen molar-refractivity contribution in [3.8, 4) is 11.3 Å². The fraction of sp³-hybridized carbons (Fsp3) is 0.227. The van der Waals surface area contributed by atoms with Gasteiger partial charge >= 0.3 is 12.2 Å². The molecule has 0 fully saturated rings. The molecule has 0 saturated carbocycles. The summed E-state index contributed by atoms with van der Waals surface area (Å²) >= 11 is 0. The third-order valence-corrected chi connectivity index (χ3v) is 5.29. The van der Waals surface area contributed by atoms with E-state index >= 15 is 0 Å². The lowest BCUT2D eigenvalue weighted by Gasteiger charge is -2.28. The number of anilines is 1. The summed E-state index contributed by atoms with van der Waals surface area (Å²) < 4.78 is 53.6. The second-order valence-corrected chi connectivity index (χ2v) is 7.70. The number of halogens is 4. The standard InChI is InChI=1S/C22H19F4N5O2/c1-12-8-13(10-15(23)9-12)19-18(20(27)32)17-11-30(6-7-31(17)29-19)21(33)28-16-4-2-14(3-5-16)22(24,25)26/h2-5,8-10H,6-7,11H2,1H3,(H2,27,32)(H,28,33). The van der Waals surface area contributed by atoms with Crippen molar-refractivity contribution in [1.29, 1.82) is 0 Å². The minimum Gasteiger partial charge on any atom is -0.365 e. The lowest BCUT2D eigenvalue weighted by atomic mass is 10.0. The molecule has 3 N–H and O–H groups in total. The van der Waals surface area contributed by atoms with Gasteiger partial charge in [0.1, 0.15) is 11.5 Å². The van der Waals surface area contributed by atoms with Gasteiger partial charge in [-0.15, -0.1) is 0 Å². The molecule has 0 aliphatic carbocycles. The van der Waals surface area contributed by atoms with Crippen molar-refractivity contribution in [3.63, 3.8) is 0 Å². The van der Waals surface area contributed by atoms with E-state index in [1.54, 1.807) is 17.7 Å². The second-order valence-electron chi connectivity index (χ2n) is 7.70. The van der Waals surface area contributed by atoms with E-state index in [4.69, 9.17) is 5.73 Å². The molecule has 0 spiro atoms. The first-order valence-electron chi connectivity index (χ1n) is 9.93. The largest absolute Gasteiger partial charge is 0.416 e. The molecule has 11 heteroatoms. The zero-order chi connectivity index (χ0) is 23.9. The van der Waals surface area contributed by atoms with Crippen molar-refractivity contribution in [2.75, 3.05) is 11.9 Å². The summed E-state index contributed by atoms with van der Waals surface area (Å²) in [5, 5.41) is 6.97. The minimum absolute atomic E-state index is 0.00790. The van der Waals surface area contributed by atoms with Gasteiger partial charge in [-0.3, -0.25) is 9.48 Å². The number of aryl methyl sites for hydroxylation is 1. The van der Waals surface area contributed by atoms with Crippen LogP contribution >= 0.6 is 0 Å². The van der Waals surface area contributed by atoms with E-state index in [0.29, 0.717) is 16.8 Å². The number of urea groups is 1. The predicted molar refractivity (Wildman–Crippen MR) is 112 cm³/mol. The van der Waals surface area contributed by atoms with Gasteiger partial charge in [-0.2, -0.15) is 18.3 Å². The molecule has 1 aliphatic heterocycles. The van der Waals surface area contributed by atoms with E-state index in [-0.39, 0.29) is 36.6 Å². The van der Waals surface area contributed by atoms with Crippen molar-refractivity contribution in [3.05, 3.63) is 70.7 Å². The van der Waals surface area contributed by atoms with Crippen molar-refractivity contribution in [2.45, 2.75) is 26.2 Å². The molecule has 3 aromatic rings. The molecule has 33 heavy (non-hydrogen) atoms. The van der Waals surface area contributed by atoms with E-state index in [2.05, 4.69) is 10.4 Å². The monoisotopic (exact) mass is 461 g/mol. The quantitative estimate of drug-likeness (QED) is 0.574. The maximum Gasteiger partial charge on any atom is 0.416 e. The van der Waals surface area contributed by atoms with Crippen molar-refractivity contribution in [2.24, 2.45) is 5.73 Å². The molecule has 0 unspecified atom stereocenters. The molecule has 2 heterocycles. The number of alkyl halides is 3. The topological polar surface area (TPSA) is 93.2 Å². The number of nitrogens with zero attached hydrogens (tertiary/aromatic N) is 3. The third-order valence-electron chi connectivity index (χ3n) is 5.29. The van der Waals surface area contributed by atoms with Gasteiger partial charge in [0.2, 0.25) is 0 Å². The number of carbonyl (C=O) groups is 2. The van der Waals surface area contributed by atoms with Gasteiger partial charge in [0.25, 0.3) is 5.91 Å². The average Bonchev–Trinajstić information content (AvgIpc) is 3.12. The Balaban J connectivity index is 1.58. The van der Waals surface area contributed by atoms with E-state index in [1.165, 1.54) is 17.0 Å². The highest BCUT2D eigenvalue weighted by atomic mass is 19.4. The molecule has 172 valence electrons. The van der Waals surface area contributed by atoms with Crippen molar-refractivity contribution in [1.82, 2.24) is 14.7 Å². The van der Waals surface area contributed by atoms with Gasteiger partial charge in [-0.25, -0.2) is 9.18 Å². The number of primary amides is 1. The first kappa shape index (κ1) is 22.3. The SMILES string of the molecule is Cc1cc(F)cc(-c2nn3c(c2C(N)=O)CN(C(=O)Nc2ccc(C(F)(F)F)cc2)CC3)c1. The Bertz CT molecular complexity index is 1210. The number of benzene rings is 2. The molecular formula is C22H19F4N5O2. The maximum atomic E-state index is 13.9. The van der Waals surface area contributed by atoms with Gasteiger partial charge in [0.15, 0.2) is 0 Å². The number of nitrogens with one attached hydrogen (secondary N) is 1. The summed E-state index contributed by atoms with van der Waals surface area (Å²) in [5.74, 6) is -1.25. The van der Waals surface area contributed by atoms with Crippen LogP contribution in [0.15, 0.2) is 42.5 Å². The van der Waals surface area contributed by atoms with Gasteiger partial charge in [-0.1, -0.05) is 0 Å². The molecule has 0 bridgehead atoms. The highest BCUT2D eigenvalue weighted by Crippen LogP contribution is 2.31. The maximum absolute atomic E-state index is 13.9. The van der Waals surface area contributed by atoms with E-state index < -0.39 is 29.5 Å². The first-order chi connectivity index (χ1) is 15.5. The Hall–Kier alpha value is -3.89. The van der Waals surface area contributed by atoms with Crippen LogP contribution in [0.3, 0.4) is 0 Å². The fourth-order valence-corrected chi connectivity index (χ4v) is 3.77. The molecule has 2 aromatic carbocycles. The molecule has 0 saturated heterocycles. The summed E-state index contributed by atoms with van der Waals surface area (Å²) in [6, 6.07) is 7.79. The number of hydrogen-bond acceptors (Lipinski definition) is 3. The minimum atomic E-state index is -4.48. The van der Waals surface area contributed by atoms with E-state index in [9.17, 15) is 27.2 Å². The number of hydrogen-bond donors (Lipinski definition) is 2. The second kappa shape index (κ2) is 8.23. The van der Waals surface area contributed by atoms with Crippen LogP contribution in [0.25, 0.3) is 11.3 Å². The van der Waals surface area contributed by atoms with E-state index in [1.807, 2.05) is 0 Å². The van der Waals surface area contributed by atoms with Gasteiger partial charge in [0.05, 0.1) is 29.9 Å². The summed E-state index contributed by atoms with van der Waals surface area (Å²) in [6.45, 7) is 2.19. The van der Waals surface area contributed by atoms with Crippen LogP contribution in [0, 0.1) is 12.7 Å². The predicted octanol–water partition coefficient (Wildman–Crippen LogP) is 4.16. The Kier molecular flexibility index (Phi) is 5.56. The van der Waals surface area contributed by atoms with Crippen LogP contribution in [-0.4, -0.2) is 33.2 Å². The number of nitrogens with two attached hydrogens (primary N) is 1. The summed E-state index contributed by atoms with van der Waals surface area (Å²) in [5.41, 5.74) is 6.71. The third kappa shape index (κ3) is 4.52. The molecule has 7 nitrogen and oxygen atoms in total. The summed E-state index contributed by atoms with van der Waals surface area (Å²) in [6.07, 6.45) is -4.48. The first-order valence-corrected chi connectivity index (χ1v) is 9.93. The van der Waals surface area contributed by atoms with Crippen molar-refractivity contribution < 1.29 is 27.2 Å². The number of amides is 3. The summed E-state index contributed by atoms with van der Waals surface area (Å²) in [7, 11) is 0. The van der Waals surface area contributed by atoms with Crippen LogP contribution in [-0.2, 0) is 19.3 Å². The molecule has 3 amide bonds. The lowest BCUT2D eigenvalue weighted by molar-refractivity contribution is -0.137. The highest BCUT2D eigenvalue weighted by Gasteiger charge is 2.31. The van der Waals surface area contributed by atoms with Gasteiger partial charge in [0, 0.05) is 17.8 Å². The molecule has 1 aliphatic rings. The van der Waals surface area contributed by atoms with Gasteiger partial charge < -0.3 is 16.0 Å². The van der Waals surface area contributed by atoms with Crippen LogP contribution < -0.4 is 11.1 Å². The number of aromatic nitrogens is 2. The molecule has 4 rings (SSSR count). The number of rotatable bonds is 3. The Morgan fingerprint density at radius 3 is 2.39 bits per heavy atom. The lowest BCUT2D eigenvalue weighted by Crippen LogP contribution is -2.41. The van der Waals surface area contributed by atoms with Crippen molar-refractivity contribution >= 4 is 17.6 Å². The van der Waals surface area contributed by atoms with Crippen LogP contribution in [0.5, 0.6) is 0 Å². The molecule has 1 aromatic heterocycles. The fourth-order valence-electron chi connectivity index (χ4n) is 3.77. The van der Waals surface area contributed by atoms with Crippen LogP contribution in [0.2, 0.25) is 0 Å². The summed E-state index contributed by atoms with van der Waals surface area (Å²) in [4.78, 5) is 26.3.